The molecule has 2 N–H and O–H groups in total. The van der Waals surface area contributed by atoms with Gasteiger partial charge in [0.25, 0.3) is 0 Å². The molecule has 0 heterocycles. The molecule has 0 aliphatic heterocycles. The fourth-order valence-corrected chi connectivity index (χ4v) is 2.49. The predicted octanol–water partition coefficient (Wildman–Crippen LogP) is 4.71. The molecule has 2 aromatic rings. The molecule has 4 heteroatoms. The van der Waals surface area contributed by atoms with Gasteiger partial charge in [0.1, 0.15) is 0 Å². The van der Waals surface area contributed by atoms with Gasteiger partial charge in [0.2, 0.25) is 0 Å². The highest BCUT2D eigenvalue weighted by Gasteiger charge is 2.17. The lowest BCUT2D eigenvalue weighted by Gasteiger charge is -2.22. The molecule has 0 saturated heterocycles. The van der Waals surface area contributed by atoms with Gasteiger partial charge in [-0.3, -0.25) is 0 Å². The first-order valence-corrected chi connectivity index (χ1v) is 7.60. The smallest absolute Gasteiger partial charge is 0.0977 e. The number of rotatable bonds is 5. The van der Waals surface area contributed by atoms with Crippen LogP contribution in [0.4, 0.5) is 0 Å². The molecular formula is C16H17BrClNO. The lowest BCUT2D eigenvalue weighted by Crippen LogP contribution is -2.26. The zero-order chi connectivity index (χ0) is 14.5. The summed E-state index contributed by atoms with van der Waals surface area (Å²) >= 11 is 9.40. The molecule has 2 unspecified atom stereocenters. The van der Waals surface area contributed by atoms with E-state index >= 15 is 0 Å². The Morgan fingerprint density at radius 3 is 2.50 bits per heavy atom. The first kappa shape index (κ1) is 15.5. The van der Waals surface area contributed by atoms with Crippen molar-refractivity contribution in [2.24, 2.45) is 5.73 Å². The van der Waals surface area contributed by atoms with E-state index in [1.165, 1.54) is 0 Å². The summed E-state index contributed by atoms with van der Waals surface area (Å²) in [7, 11) is 0. The van der Waals surface area contributed by atoms with Crippen molar-refractivity contribution in [2.75, 3.05) is 0 Å². The Labute approximate surface area is 133 Å². The number of hydrogen-bond donors (Lipinski definition) is 1. The number of hydrogen-bond acceptors (Lipinski definition) is 2. The predicted molar refractivity (Wildman–Crippen MR) is 86.8 cm³/mol. The van der Waals surface area contributed by atoms with Crippen LogP contribution in [0.15, 0.2) is 53.0 Å². The van der Waals surface area contributed by atoms with Crippen LogP contribution in [-0.2, 0) is 11.3 Å². The molecule has 2 rings (SSSR count). The van der Waals surface area contributed by atoms with Crippen LogP contribution in [0, 0.1) is 0 Å². The van der Waals surface area contributed by atoms with Crippen molar-refractivity contribution in [2.45, 2.75) is 25.7 Å². The molecule has 0 bridgehead atoms. The third-order valence-corrected chi connectivity index (χ3v) is 3.76. The number of ether oxygens (including phenoxy) is 1. The molecule has 0 fully saturated rings. The van der Waals surface area contributed by atoms with E-state index < -0.39 is 0 Å². The van der Waals surface area contributed by atoms with Crippen LogP contribution >= 0.6 is 27.5 Å². The quantitative estimate of drug-likeness (QED) is 0.844. The highest BCUT2D eigenvalue weighted by atomic mass is 79.9. The summed E-state index contributed by atoms with van der Waals surface area (Å²) in [4.78, 5) is 0. The van der Waals surface area contributed by atoms with Crippen molar-refractivity contribution < 1.29 is 4.74 Å². The van der Waals surface area contributed by atoms with Gasteiger partial charge in [0.15, 0.2) is 0 Å². The van der Waals surface area contributed by atoms with Crippen LogP contribution in [-0.4, -0.2) is 6.04 Å². The van der Waals surface area contributed by atoms with Crippen LogP contribution in [0.5, 0.6) is 0 Å². The van der Waals surface area contributed by atoms with Crippen LogP contribution in [0.2, 0.25) is 5.02 Å². The Balaban J connectivity index is 2.08. The number of benzene rings is 2. The summed E-state index contributed by atoms with van der Waals surface area (Å²) in [6.45, 7) is 2.44. The normalized spacial score (nSPS) is 14.0. The van der Waals surface area contributed by atoms with Gasteiger partial charge >= 0.3 is 0 Å². The summed E-state index contributed by atoms with van der Waals surface area (Å²) in [6.07, 6.45) is -0.137. The second-order valence-electron chi connectivity index (χ2n) is 4.77. The zero-order valence-corrected chi connectivity index (χ0v) is 13.6. The minimum atomic E-state index is -0.137. The van der Waals surface area contributed by atoms with Crippen LogP contribution in [0.25, 0.3) is 0 Å². The maximum absolute atomic E-state index is 6.04. The summed E-state index contributed by atoms with van der Waals surface area (Å²) in [6, 6.07) is 15.6. The summed E-state index contributed by atoms with van der Waals surface area (Å²) in [5.41, 5.74) is 8.15. The zero-order valence-electron chi connectivity index (χ0n) is 11.2. The van der Waals surface area contributed by atoms with Crippen LogP contribution in [0.3, 0.4) is 0 Å². The molecule has 0 saturated carbocycles. The van der Waals surface area contributed by atoms with Gasteiger partial charge in [0, 0.05) is 15.5 Å². The molecule has 106 valence electrons. The fraction of sp³-hybridized carbons (Fsp3) is 0.250. The second kappa shape index (κ2) is 7.23. The molecule has 0 aliphatic rings. The van der Waals surface area contributed by atoms with Crippen LogP contribution < -0.4 is 5.73 Å². The third-order valence-electron chi connectivity index (χ3n) is 2.99. The van der Waals surface area contributed by atoms with Crippen molar-refractivity contribution in [1.29, 1.82) is 0 Å². The molecule has 2 atom stereocenters. The van der Waals surface area contributed by atoms with E-state index in [2.05, 4.69) is 15.9 Å². The molecule has 2 aromatic carbocycles. The van der Waals surface area contributed by atoms with Crippen molar-refractivity contribution >= 4 is 27.5 Å². The monoisotopic (exact) mass is 353 g/mol. The van der Waals surface area contributed by atoms with E-state index in [1.807, 2.05) is 55.5 Å². The van der Waals surface area contributed by atoms with E-state index in [1.54, 1.807) is 0 Å². The molecule has 0 spiro atoms. The maximum Gasteiger partial charge on any atom is 0.0977 e. The molecule has 0 amide bonds. The molecule has 20 heavy (non-hydrogen) atoms. The van der Waals surface area contributed by atoms with Gasteiger partial charge in [-0.05, 0) is 42.3 Å². The van der Waals surface area contributed by atoms with Crippen molar-refractivity contribution in [1.82, 2.24) is 0 Å². The summed E-state index contributed by atoms with van der Waals surface area (Å²) < 4.78 is 7.01. The number of halogens is 2. The van der Waals surface area contributed by atoms with Gasteiger partial charge in [0.05, 0.1) is 12.7 Å². The second-order valence-corrected chi connectivity index (χ2v) is 6.12. The molecular weight excluding hydrogens is 338 g/mol. The lowest BCUT2D eigenvalue weighted by atomic mass is 10.0. The van der Waals surface area contributed by atoms with Gasteiger partial charge in [-0.2, -0.15) is 0 Å². The minimum Gasteiger partial charge on any atom is -0.367 e. The molecule has 0 radical (unpaired) electrons. The molecule has 0 aromatic heterocycles. The summed E-state index contributed by atoms with van der Waals surface area (Å²) in [5, 5.41) is 0.715. The average molecular weight is 355 g/mol. The topological polar surface area (TPSA) is 35.2 Å². The van der Waals surface area contributed by atoms with Gasteiger partial charge in [-0.25, -0.2) is 0 Å². The van der Waals surface area contributed by atoms with E-state index in [0.29, 0.717) is 11.6 Å². The van der Waals surface area contributed by atoms with Gasteiger partial charge < -0.3 is 10.5 Å². The van der Waals surface area contributed by atoms with Gasteiger partial charge in [-0.1, -0.05) is 51.8 Å². The Hall–Kier alpha value is -0.870. The summed E-state index contributed by atoms with van der Waals surface area (Å²) in [5.74, 6) is 0. The van der Waals surface area contributed by atoms with E-state index in [9.17, 15) is 0 Å². The SMILES string of the molecule is CC(N)C(OCc1cccc(Cl)c1)c1ccc(Br)cc1. The largest absolute Gasteiger partial charge is 0.367 e. The number of nitrogens with two attached hydrogens (primary N) is 1. The lowest BCUT2D eigenvalue weighted by molar-refractivity contribution is 0.0259. The third kappa shape index (κ3) is 4.32. The van der Waals surface area contributed by atoms with Crippen molar-refractivity contribution in [3.63, 3.8) is 0 Å². The highest BCUT2D eigenvalue weighted by molar-refractivity contribution is 9.10. The Morgan fingerprint density at radius 2 is 1.90 bits per heavy atom. The van der Waals surface area contributed by atoms with E-state index in [-0.39, 0.29) is 12.1 Å². The standard InChI is InChI=1S/C16H17BrClNO/c1-11(19)16(13-5-7-14(17)8-6-13)20-10-12-3-2-4-15(18)9-12/h2-9,11,16H,10,19H2,1H3. The van der Waals surface area contributed by atoms with Gasteiger partial charge in [-0.15, -0.1) is 0 Å². The molecule has 2 nitrogen and oxygen atoms in total. The van der Waals surface area contributed by atoms with Crippen LogP contribution in [0.1, 0.15) is 24.2 Å². The Bertz CT molecular complexity index is 557. The fourth-order valence-electron chi connectivity index (χ4n) is 2.02. The maximum atomic E-state index is 6.04. The van der Waals surface area contributed by atoms with Crippen molar-refractivity contribution in [3.05, 3.63) is 69.2 Å². The Kier molecular flexibility index (Phi) is 5.61. The average Bonchev–Trinajstić information content (AvgIpc) is 2.41. The van der Waals surface area contributed by atoms with E-state index in [4.69, 9.17) is 22.1 Å². The Morgan fingerprint density at radius 1 is 1.20 bits per heavy atom. The van der Waals surface area contributed by atoms with Crippen molar-refractivity contribution in [3.8, 4) is 0 Å². The van der Waals surface area contributed by atoms with E-state index in [0.717, 1.165) is 15.6 Å². The first-order valence-electron chi connectivity index (χ1n) is 6.43. The first-order chi connectivity index (χ1) is 9.56. The minimum absolute atomic E-state index is 0.0876. The molecule has 0 aliphatic carbocycles. The highest BCUT2D eigenvalue weighted by Crippen LogP contribution is 2.24.